The predicted octanol–water partition coefficient (Wildman–Crippen LogP) is 3.20. The lowest BCUT2D eigenvalue weighted by Gasteiger charge is -2.39. The van der Waals surface area contributed by atoms with Crippen molar-refractivity contribution in [1.29, 1.82) is 0 Å². The highest BCUT2D eigenvalue weighted by atomic mass is 32.2. The molecule has 3 saturated heterocycles. The van der Waals surface area contributed by atoms with Crippen LogP contribution in [0.2, 0.25) is 0 Å². The third-order valence-corrected chi connectivity index (χ3v) is 9.80. The van der Waals surface area contributed by atoms with Gasteiger partial charge in [0.15, 0.2) is 0 Å². The number of benzene rings is 1. The number of likely N-dealkylation sites (tertiary alicyclic amines) is 1. The van der Waals surface area contributed by atoms with Gasteiger partial charge >= 0.3 is 5.97 Å². The lowest BCUT2D eigenvalue weighted by molar-refractivity contribution is -0.154. The molecule has 1 spiro atoms. The summed E-state index contributed by atoms with van der Waals surface area (Å²) in [7, 11) is 1.58. The molecule has 200 valence electrons. The molecule has 1 N–H and O–H groups in total. The third-order valence-electron chi connectivity index (χ3n) is 7.85. The maximum Gasteiger partial charge on any atom is 0.310 e. The van der Waals surface area contributed by atoms with E-state index < -0.39 is 28.7 Å². The van der Waals surface area contributed by atoms with Crippen molar-refractivity contribution in [2.45, 2.75) is 54.7 Å². The lowest BCUT2D eigenvalue weighted by Crippen LogP contribution is -2.57. The maximum absolute atomic E-state index is 14.4. The van der Waals surface area contributed by atoms with Gasteiger partial charge in [0, 0.05) is 17.5 Å². The van der Waals surface area contributed by atoms with E-state index in [4.69, 9.17) is 9.47 Å². The summed E-state index contributed by atoms with van der Waals surface area (Å²) in [4.78, 5) is 44.9. The molecule has 3 fully saturated rings. The lowest BCUT2D eigenvalue weighted by atomic mass is 9.71. The Kier molecular flexibility index (Phi) is 8.33. The minimum absolute atomic E-state index is 0.0781. The smallest absolute Gasteiger partial charge is 0.310 e. The van der Waals surface area contributed by atoms with Crippen molar-refractivity contribution in [3.05, 3.63) is 49.6 Å². The fourth-order valence-electron chi connectivity index (χ4n) is 6.15. The van der Waals surface area contributed by atoms with Gasteiger partial charge in [-0.15, -0.1) is 24.9 Å². The van der Waals surface area contributed by atoms with Gasteiger partial charge in [0.1, 0.15) is 11.8 Å². The fourth-order valence-corrected chi connectivity index (χ4v) is 8.33. The van der Waals surface area contributed by atoms with Gasteiger partial charge in [-0.2, -0.15) is 0 Å². The van der Waals surface area contributed by atoms with Crippen LogP contribution in [0.3, 0.4) is 0 Å². The summed E-state index contributed by atoms with van der Waals surface area (Å²) < 4.78 is 10.0. The first-order chi connectivity index (χ1) is 17.9. The highest BCUT2D eigenvalue weighted by Gasteiger charge is 2.74. The van der Waals surface area contributed by atoms with E-state index in [0.29, 0.717) is 30.7 Å². The minimum Gasteiger partial charge on any atom is -0.497 e. The molecule has 2 bridgehead atoms. The van der Waals surface area contributed by atoms with E-state index in [-0.39, 0.29) is 42.8 Å². The van der Waals surface area contributed by atoms with Crippen LogP contribution in [0.15, 0.2) is 49.6 Å². The SMILES string of the molecule is C=CCCOC(=O)[C@@H]1[C@@H]2CCC3(S2)C(C(=O)N(CC=C)c2ccc(OC)cc2)N([C@@H](CC)CO)C(=O)[C@H]13. The number of carbonyl (C=O) groups is 3. The van der Waals surface area contributed by atoms with E-state index >= 15 is 0 Å². The van der Waals surface area contributed by atoms with Gasteiger partial charge in [-0.05, 0) is 49.9 Å². The number of amides is 2. The van der Waals surface area contributed by atoms with E-state index in [1.807, 2.05) is 6.92 Å². The molecule has 2 amide bonds. The highest BCUT2D eigenvalue weighted by molar-refractivity contribution is 8.02. The summed E-state index contributed by atoms with van der Waals surface area (Å²) in [6.07, 6.45) is 5.74. The molecule has 3 aliphatic heterocycles. The standard InChI is InChI=1S/C28H36N2O6S/c1-5-8-16-36-27(34)22-21-13-14-28(37-21)23(22)25(32)30(18(7-3)17-31)24(28)26(33)29(15-6-2)19-9-11-20(35-4)12-10-19/h5-6,9-12,18,21-24,31H,1-2,7-8,13-17H2,3-4H3/t18-,21-,22+,23-,24?,28?/m0/s1. The number of aliphatic hydroxyl groups is 1. The molecule has 0 saturated carbocycles. The number of methoxy groups -OCH3 is 1. The van der Waals surface area contributed by atoms with E-state index in [1.165, 1.54) is 0 Å². The molecule has 0 aromatic heterocycles. The number of rotatable bonds is 12. The summed E-state index contributed by atoms with van der Waals surface area (Å²) >= 11 is 1.59. The monoisotopic (exact) mass is 528 g/mol. The van der Waals surface area contributed by atoms with Gasteiger partial charge in [0.25, 0.3) is 5.91 Å². The van der Waals surface area contributed by atoms with Crippen LogP contribution in [0.5, 0.6) is 5.75 Å². The molecule has 1 aromatic carbocycles. The molecule has 8 nitrogen and oxygen atoms in total. The second-order valence-electron chi connectivity index (χ2n) is 9.73. The van der Waals surface area contributed by atoms with Gasteiger partial charge < -0.3 is 24.4 Å². The number of anilines is 1. The van der Waals surface area contributed by atoms with Crippen LogP contribution >= 0.6 is 11.8 Å². The Morgan fingerprint density at radius 2 is 2.03 bits per heavy atom. The first-order valence-corrected chi connectivity index (χ1v) is 13.7. The number of hydrogen-bond donors (Lipinski definition) is 1. The summed E-state index contributed by atoms with van der Waals surface area (Å²) in [5.41, 5.74) is 0.660. The number of fused-ring (bicyclic) bond motifs is 1. The first kappa shape index (κ1) is 27.3. The Balaban J connectivity index is 1.75. The third kappa shape index (κ3) is 4.56. The van der Waals surface area contributed by atoms with Gasteiger partial charge in [0.2, 0.25) is 5.91 Å². The largest absolute Gasteiger partial charge is 0.497 e. The average Bonchev–Trinajstić information content (AvgIpc) is 3.56. The molecule has 37 heavy (non-hydrogen) atoms. The Hall–Kier alpha value is -2.78. The second kappa shape index (κ2) is 11.3. The van der Waals surface area contributed by atoms with Crippen molar-refractivity contribution in [1.82, 2.24) is 4.90 Å². The van der Waals surface area contributed by atoms with Crippen molar-refractivity contribution in [2.24, 2.45) is 11.8 Å². The zero-order valence-corrected chi connectivity index (χ0v) is 22.3. The molecule has 3 heterocycles. The maximum atomic E-state index is 14.4. The zero-order chi connectivity index (χ0) is 26.7. The number of aliphatic hydroxyl groups excluding tert-OH is 1. The number of thioether (sulfide) groups is 1. The minimum atomic E-state index is -0.815. The molecule has 3 aliphatic rings. The van der Waals surface area contributed by atoms with Crippen LogP contribution in [0.4, 0.5) is 5.69 Å². The normalized spacial score (nSPS) is 28.5. The van der Waals surface area contributed by atoms with Crippen LogP contribution < -0.4 is 9.64 Å². The summed E-state index contributed by atoms with van der Waals surface area (Å²) in [6.45, 7) is 9.60. The van der Waals surface area contributed by atoms with Crippen molar-refractivity contribution < 1.29 is 29.0 Å². The molecule has 9 heteroatoms. The first-order valence-electron chi connectivity index (χ1n) is 12.8. The van der Waals surface area contributed by atoms with Crippen molar-refractivity contribution in [3.8, 4) is 5.75 Å². The zero-order valence-electron chi connectivity index (χ0n) is 21.5. The molecule has 0 radical (unpaired) electrons. The summed E-state index contributed by atoms with van der Waals surface area (Å²) in [5.74, 6) is -1.47. The van der Waals surface area contributed by atoms with Crippen LogP contribution in [0.25, 0.3) is 0 Å². The van der Waals surface area contributed by atoms with Crippen LogP contribution in [-0.4, -0.2) is 76.7 Å². The summed E-state index contributed by atoms with van der Waals surface area (Å²) in [5, 5.41) is 10.1. The topological polar surface area (TPSA) is 96.4 Å². The number of ether oxygens (including phenoxy) is 2. The van der Waals surface area contributed by atoms with Gasteiger partial charge in [-0.1, -0.05) is 19.1 Å². The number of nitrogens with zero attached hydrogens (tertiary/aromatic N) is 2. The Labute approximate surface area is 222 Å². The molecule has 1 aromatic rings. The van der Waals surface area contributed by atoms with Crippen LogP contribution in [0, 0.1) is 11.8 Å². The van der Waals surface area contributed by atoms with Crippen molar-refractivity contribution in [2.75, 3.05) is 31.8 Å². The van der Waals surface area contributed by atoms with Crippen LogP contribution in [0.1, 0.15) is 32.6 Å². The Morgan fingerprint density at radius 1 is 1.30 bits per heavy atom. The van der Waals surface area contributed by atoms with E-state index in [1.54, 1.807) is 65.1 Å². The molecular weight excluding hydrogens is 492 g/mol. The van der Waals surface area contributed by atoms with E-state index in [9.17, 15) is 19.5 Å². The van der Waals surface area contributed by atoms with E-state index in [0.717, 1.165) is 6.42 Å². The van der Waals surface area contributed by atoms with Crippen molar-refractivity contribution >= 4 is 35.2 Å². The fraction of sp³-hybridized carbons (Fsp3) is 0.536. The molecule has 4 rings (SSSR count). The quantitative estimate of drug-likeness (QED) is 0.253. The molecule has 6 atom stereocenters. The summed E-state index contributed by atoms with van der Waals surface area (Å²) in [6, 6.07) is 5.83. The number of hydrogen-bond acceptors (Lipinski definition) is 7. The van der Waals surface area contributed by atoms with Gasteiger partial charge in [0.05, 0.1) is 42.9 Å². The predicted molar refractivity (Wildman–Crippen MR) is 143 cm³/mol. The Bertz CT molecular complexity index is 1040. The molecular formula is C28H36N2O6S. The van der Waals surface area contributed by atoms with Gasteiger partial charge in [-0.25, -0.2) is 0 Å². The second-order valence-corrected chi connectivity index (χ2v) is 11.3. The molecule has 0 aliphatic carbocycles. The number of esters is 1. The average molecular weight is 529 g/mol. The number of carbonyl (C=O) groups excluding carboxylic acids is 3. The highest BCUT2D eigenvalue weighted by Crippen LogP contribution is 2.67. The van der Waals surface area contributed by atoms with Gasteiger partial charge in [-0.3, -0.25) is 14.4 Å². The van der Waals surface area contributed by atoms with Crippen LogP contribution in [-0.2, 0) is 19.1 Å². The van der Waals surface area contributed by atoms with Crippen molar-refractivity contribution in [3.63, 3.8) is 0 Å². The Morgan fingerprint density at radius 3 is 2.62 bits per heavy atom. The van der Waals surface area contributed by atoms with E-state index in [2.05, 4.69) is 13.2 Å². The molecule has 2 unspecified atom stereocenters.